The van der Waals surface area contributed by atoms with E-state index in [0.717, 1.165) is 24.0 Å². The van der Waals surface area contributed by atoms with Crippen molar-refractivity contribution in [2.24, 2.45) is 0 Å². The highest BCUT2D eigenvalue weighted by atomic mass is 35.5. The van der Waals surface area contributed by atoms with Crippen LogP contribution in [-0.2, 0) is 4.74 Å². The number of halogens is 2. The second kappa shape index (κ2) is 9.13. The fraction of sp³-hybridized carbons (Fsp3) is 0.478. The van der Waals surface area contributed by atoms with Crippen molar-refractivity contribution in [1.29, 1.82) is 0 Å². The minimum Gasteiger partial charge on any atom is -0.388 e. The largest absolute Gasteiger partial charge is 0.388 e. The van der Waals surface area contributed by atoms with Crippen molar-refractivity contribution in [3.8, 4) is 0 Å². The Kier molecular flexibility index (Phi) is 6.70. The van der Waals surface area contributed by atoms with E-state index in [0.29, 0.717) is 16.5 Å². The average Bonchev–Trinajstić information content (AvgIpc) is 2.76. The number of ether oxygens (including phenoxy) is 1. The molecule has 1 aliphatic carbocycles. The average molecular weight is 452 g/mol. The topological polar surface area (TPSA) is 82.0 Å². The number of benzene rings is 2. The van der Waals surface area contributed by atoms with Gasteiger partial charge < -0.3 is 20.1 Å². The zero-order valence-electron chi connectivity index (χ0n) is 16.7. The number of hydrogen-bond donors (Lipinski definition) is 4. The van der Waals surface area contributed by atoms with E-state index >= 15 is 0 Å². The molecule has 0 bridgehead atoms. The highest BCUT2D eigenvalue weighted by Gasteiger charge is 2.44. The smallest absolute Gasteiger partial charge is 0.137 e. The molecule has 1 saturated heterocycles. The lowest BCUT2D eigenvalue weighted by Crippen LogP contribution is -2.61. The third-order valence-electron chi connectivity index (χ3n) is 6.32. The Hall–Kier alpha value is -1.18. The summed E-state index contributed by atoms with van der Waals surface area (Å²) in [5.41, 5.74) is 3.44. The molecule has 0 amide bonds. The van der Waals surface area contributed by atoms with E-state index in [1.165, 1.54) is 5.56 Å². The van der Waals surface area contributed by atoms with E-state index in [4.69, 9.17) is 27.9 Å². The monoisotopic (exact) mass is 451 g/mol. The zero-order valence-corrected chi connectivity index (χ0v) is 18.2. The molecule has 1 fully saturated rings. The summed E-state index contributed by atoms with van der Waals surface area (Å²) in [5.74, 6) is 0.196. The van der Waals surface area contributed by atoms with E-state index in [1.54, 1.807) is 0 Å². The van der Waals surface area contributed by atoms with Crippen LogP contribution in [0.3, 0.4) is 0 Å². The molecule has 1 heterocycles. The molecule has 7 atom stereocenters. The van der Waals surface area contributed by atoms with Crippen molar-refractivity contribution in [1.82, 2.24) is 5.32 Å². The van der Waals surface area contributed by atoms with E-state index in [9.17, 15) is 15.3 Å². The summed E-state index contributed by atoms with van der Waals surface area (Å²) in [7, 11) is 0. The highest BCUT2D eigenvalue weighted by Crippen LogP contribution is 2.42. The fourth-order valence-electron chi connectivity index (χ4n) is 4.66. The Bertz CT molecular complexity index is 893. The second-order valence-electron chi connectivity index (χ2n) is 8.13. The van der Waals surface area contributed by atoms with Crippen LogP contribution in [0.2, 0.25) is 10.0 Å². The zero-order chi connectivity index (χ0) is 21.4. The predicted molar refractivity (Wildman–Crippen MR) is 117 cm³/mol. The van der Waals surface area contributed by atoms with Crippen LogP contribution in [0, 0.1) is 0 Å². The van der Waals surface area contributed by atoms with Gasteiger partial charge in [0.25, 0.3) is 0 Å². The number of nitrogens with one attached hydrogen (secondary N) is 1. The van der Waals surface area contributed by atoms with Crippen molar-refractivity contribution in [2.75, 3.05) is 0 Å². The van der Waals surface area contributed by atoms with Crippen LogP contribution in [0.4, 0.5) is 0 Å². The Morgan fingerprint density at radius 2 is 1.67 bits per heavy atom. The van der Waals surface area contributed by atoms with Gasteiger partial charge in [-0.25, -0.2) is 0 Å². The lowest BCUT2D eigenvalue weighted by molar-refractivity contribution is -0.232. The lowest BCUT2D eigenvalue weighted by Gasteiger charge is -2.43. The molecule has 0 radical (unpaired) electrons. The molecular weight excluding hydrogens is 425 g/mol. The number of hydrogen-bond acceptors (Lipinski definition) is 5. The molecule has 30 heavy (non-hydrogen) atoms. The number of aliphatic hydroxyl groups excluding tert-OH is 3. The summed E-state index contributed by atoms with van der Waals surface area (Å²) >= 11 is 12.3. The van der Waals surface area contributed by atoms with Gasteiger partial charge in [0.15, 0.2) is 0 Å². The molecule has 2 aromatic carbocycles. The molecule has 7 heteroatoms. The SMILES string of the molecule is CCC1OC(NC2CCC(c3ccc(Cl)c(Cl)c3)c3ccccc32)C(O)C(O)C1O. The summed E-state index contributed by atoms with van der Waals surface area (Å²) in [6, 6.07) is 13.9. The van der Waals surface area contributed by atoms with Crippen LogP contribution in [-0.4, -0.2) is 46.0 Å². The van der Waals surface area contributed by atoms with Gasteiger partial charge in [0.1, 0.15) is 24.5 Å². The number of rotatable bonds is 4. The van der Waals surface area contributed by atoms with E-state index in [1.807, 2.05) is 37.3 Å². The standard InChI is InChI=1S/C23H27Cl2NO4/c1-2-19-20(27)21(28)22(29)23(30-19)26-18-10-8-13(14-5-3-4-6-15(14)18)12-7-9-16(24)17(25)11-12/h3-7,9,11,13,18-23,26-29H,2,8,10H2,1H3. The summed E-state index contributed by atoms with van der Waals surface area (Å²) in [6.07, 6.45) is -2.57. The van der Waals surface area contributed by atoms with Crippen molar-refractivity contribution >= 4 is 23.2 Å². The van der Waals surface area contributed by atoms with Crippen LogP contribution in [0.15, 0.2) is 42.5 Å². The molecule has 0 spiro atoms. The van der Waals surface area contributed by atoms with Gasteiger partial charge in [0.05, 0.1) is 16.1 Å². The van der Waals surface area contributed by atoms with Gasteiger partial charge in [0, 0.05) is 12.0 Å². The number of aliphatic hydroxyl groups is 3. The summed E-state index contributed by atoms with van der Waals surface area (Å²) < 4.78 is 5.89. The molecular formula is C23H27Cl2NO4. The highest BCUT2D eigenvalue weighted by molar-refractivity contribution is 6.42. The first-order valence-corrected chi connectivity index (χ1v) is 11.2. The van der Waals surface area contributed by atoms with Gasteiger partial charge in [-0.05, 0) is 48.1 Å². The molecule has 7 unspecified atom stereocenters. The normalized spacial score (nSPS) is 33.9. The van der Waals surface area contributed by atoms with Gasteiger partial charge in [-0.2, -0.15) is 0 Å². The lowest BCUT2D eigenvalue weighted by atomic mass is 9.76. The molecule has 5 nitrogen and oxygen atoms in total. The number of fused-ring (bicyclic) bond motifs is 1. The quantitative estimate of drug-likeness (QED) is 0.568. The van der Waals surface area contributed by atoms with E-state index in [-0.39, 0.29) is 12.0 Å². The third-order valence-corrected chi connectivity index (χ3v) is 7.06. The first-order valence-electron chi connectivity index (χ1n) is 10.4. The first kappa shape index (κ1) is 22.0. The van der Waals surface area contributed by atoms with Crippen LogP contribution in [0.1, 0.15) is 54.8 Å². The summed E-state index contributed by atoms with van der Waals surface area (Å²) in [4.78, 5) is 0. The molecule has 2 aliphatic rings. The van der Waals surface area contributed by atoms with E-state index < -0.39 is 30.6 Å². The summed E-state index contributed by atoms with van der Waals surface area (Å²) in [6.45, 7) is 1.88. The Morgan fingerprint density at radius 1 is 0.933 bits per heavy atom. The Labute approximate surface area is 186 Å². The van der Waals surface area contributed by atoms with Gasteiger partial charge in [-0.1, -0.05) is 60.5 Å². The first-order chi connectivity index (χ1) is 14.4. The molecule has 162 valence electrons. The predicted octanol–water partition coefficient (Wildman–Crippen LogP) is 3.77. The second-order valence-corrected chi connectivity index (χ2v) is 8.94. The van der Waals surface area contributed by atoms with E-state index in [2.05, 4.69) is 17.4 Å². The van der Waals surface area contributed by atoms with Gasteiger partial charge in [0.2, 0.25) is 0 Å². The van der Waals surface area contributed by atoms with Crippen molar-refractivity contribution < 1.29 is 20.1 Å². The Morgan fingerprint density at radius 3 is 2.37 bits per heavy atom. The van der Waals surface area contributed by atoms with Crippen molar-refractivity contribution in [3.05, 3.63) is 69.2 Å². The maximum absolute atomic E-state index is 10.5. The minimum absolute atomic E-state index is 0.0418. The van der Waals surface area contributed by atoms with Gasteiger partial charge in [-0.15, -0.1) is 0 Å². The molecule has 4 N–H and O–H groups in total. The van der Waals surface area contributed by atoms with Crippen LogP contribution in [0.25, 0.3) is 0 Å². The van der Waals surface area contributed by atoms with Gasteiger partial charge in [-0.3, -0.25) is 5.32 Å². The summed E-state index contributed by atoms with van der Waals surface area (Å²) in [5, 5.41) is 35.3. The Balaban J connectivity index is 1.59. The molecule has 1 aliphatic heterocycles. The van der Waals surface area contributed by atoms with Crippen LogP contribution < -0.4 is 5.32 Å². The van der Waals surface area contributed by atoms with Crippen molar-refractivity contribution in [3.63, 3.8) is 0 Å². The maximum Gasteiger partial charge on any atom is 0.137 e. The van der Waals surface area contributed by atoms with Crippen LogP contribution in [0.5, 0.6) is 0 Å². The molecule has 0 aromatic heterocycles. The minimum atomic E-state index is -1.25. The molecule has 4 rings (SSSR count). The maximum atomic E-state index is 10.5. The van der Waals surface area contributed by atoms with Crippen LogP contribution >= 0.6 is 23.2 Å². The van der Waals surface area contributed by atoms with Crippen molar-refractivity contribution in [2.45, 2.75) is 68.8 Å². The molecule has 2 aromatic rings. The fourth-order valence-corrected chi connectivity index (χ4v) is 4.97. The van der Waals surface area contributed by atoms with Gasteiger partial charge >= 0.3 is 0 Å². The third kappa shape index (κ3) is 4.13. The molecule has 0 saturated carbocycles.